The summed E-state index contributed by atoms with van der Waals surface area (Å²) in [5.41, 5.74) is 1.14. The molecular weight excluding hydrogens is 460 g/mol. The lowest BCUT2D eigenvalue weighted by molar-refractivity contribution is 0.0612. The normalized spacial score (nSPS) is 14.9. The summed E-state index contributed by atoms with van der Waals surface area (Å²) in [4.78, 5) is 21.0. The molecule has 0 atom stereocenters. The first-order valence-electron chi connectivity index (χ1n) is 9.08. The molecule has 0 spiro atoms. The summed E-state index contributed by atoms with van der Waals surface area (Å²) >= 11 is 9.25. The second-order valence-electron chi connectivity index (χ2n) is 6.75. The Hall–Kier alpha value is -2.42. The molecule has 0 saturated carbocycles. The van der Waals surface area contributed by atoms with Crippen LogP contribution in [-0.4, -0.2) is 57.1 Å². The number of piperazine rings is 1. The molecular formula is C20H18BrClN4O3. The van der Waals surface area contributed by atoms with Gasteiger partial charge >= 0.3 is 0 Å². The lowest BCUT2D eigenvalue weighted by Gasteiger charge is -2.34. The third-order valence-corrected chi connectivity index (χ3v) is 5.52. The van der Waals surface area contributed by atoms with Crippen molar-refractivity contribution in [3.63, 3.8) is 0 Å². The molecule has 1 saturated heterocycles. The smallest absolute Gasteiger partial charge is 0.257 e. The molecule has 0 aliphatic carbocycles. The largest absolute Gasteiger partial charge is 0.507 e. The van der Waals surface area contributed by atoms with E-state index in [0.717, 1.165) is 10.0 Å². The molecule has 2 heterocycles. The zero-order chi connectivity index (χ0) is 20.4. The van der Waals surface area contributed by atoms with Crippen LogP contribution >= 0.6 is 27.5 Å². The molecule has 4 rings (SSSR count). The number of aromatic nitrogens is 2. The number of nitrogens with zero attached hydrogens (tertiary/aromatic N) is 4. The predicted molar refractivity (Wildman–Crippen MR) is 112 cm³/mol. The van der Waals surface area contributed by atoms with Crippen molar-refractivity contribution in [2.24, 2.45) is 0 Å². The van der Waals surface area contributed by atoms with E-state index in [4.69, 9.17) is 16.1 Å². The molecule has 9 heteroatoms. The van der Waals surface area contributed by atoms with Gasteiger partial charge in [-0.15, -0.1) is 0 Å². The Kier molecular flexibility index (Phi) is 5.84. The van der Waals surface area contributed by atoms with Crippen LogP contribution in [0.15, 0.2) is 51.5 Å². The van der Waals surface area contributed by atoms with Crippen LogP contribution in [0, 0.1) is 0 Å². The van der Waals surface area contributed by atoms with Crippen molar-refractivity contribution < 1.29 is 14.4 Å². The van der Waals surface area contributed by atoms with Gasteiger partial charge in [0.15, 0.2) is 0 Å². The maximum absolute atomic E-state index is 12.7. The Morgan fingerprint density at radius 2 is 1.86 bits per heavy atom. The van der Waals surface area contributed by atoms with Crippen molar-refractivity contribution >= 4 is 33.4 Å². The number of amides is 1. The Morgan fingerprint density at radius 1 is 1.14 bits per heavy atom. The molecule has 1 N–H and O–H groups in total. The quantitative estimate of drug-likeness (QED) is 0.615. The van der Waals surface area contributed by atoms with Crippen molar-refractivity contribution in [1.82, 2.24) is 19.9 Å². The van der Waals surface area contributed by atoms with Crippen LogP contribution in [-0.2, 0) is 6.54 Å². The summed E-state index contributed by atoms with van der Waals surface area (Å²) < 4.78 is 6.12. The number of phenolic OH excluding ortho intramolecular Hbond substituents is 1. The van der Waals surface area contributed by atoms with Gasteiger partial charge in [-0.25, -0.2) is 0 Å². The summed E-state index contributed by atoms with van der Waals surface area (Å²) in [7, 11) is 0. The third kappa shape index (κ3) is 4.60. The fourth-order valence-corrected chi connectivity index (χ4v) is 3.67. The maximum Gasteiger partial charge on any atom is 0.257 e. The molecule has 1 aromatic heterocycles. The van der Waals surface area contributed by atoms with Gasteiger partial charge < -0.3 is 14.5 Å². The molecule has 1 fully saturated rings. The van der Waals surface area contributed by atoms with E-state index in [-0.39, 0.29) is 11.7 Å². The number of halogens is 2. The number of hydrogen-bond donors (Lipinski definition) is 1. The average molecular weight is 478 g/mol. The first-order valence-corrected chi connectivity index (χ1v) is 10.3. The number of carbonyl (C=O) groups is 1. The van der Waals surface area contributed by atoms with Gasteiger partial charge in [0.1, 0.15) is 5.75 Å². The molecule has 7 nitrogen and oxygen atoms in total. The fraction of sp³-hybridized carbons (Fsp3) is 0.250. The Morgan fingerprint density at radius 3 is 2.59 bits per heavy atom. The van der Waals surface area contributed by atoms with Crippen molar-refractivity contribution in [2.75, 3.05) is 26.2 Å². The standard InChI is InChI=1S/C20H18BrClN4O3/c21-14-3-6-17(27)16(11-14)20(28)26-9-7-25(8-10-26)12-18-23-19(24-29-18)13-1-4-15(22)5-2-13/h1-6,11,27H,7-10,12H2. The van der Waals surface area contributed by atoms with Crippen LogP contribution in [0.25, 0.3) is 11.4 Å². The molecule has 1 aliphatic rings. The summed E-state index contributed by atoms with van der Waals surface area (Å²) in [5.74, 6) is 0.863. The highest BCUT2D eigenvalue weighted by Crippen LogP contribution is 2.24. The highest BCUT2D eigenvalue weighted by molar-refractivity contribution is 9.10. The molecule has 29 heavy (non-hydrogen) atoms. The van der Waals surface area contributed by atoms with Crippen LogP contribution in [0.3, 0.4) is 0 Å². The molecule has 2 aromatic carbocycles. The van der Waals surface area contributed by atoms with Gasteiger partial charge in [0.25, 0.3) is 5.91 Å². The second kappa shape index (κ2) is 8.52. The lowest BCUT2D eigenvalue weighted by Crippen LogP contribution is -2.48. The highest BCUT2D eigenvalue weighted by atomic mass is 79.9. The van der Waals surface area contributed by atoms with E-state index in [0.29, 0.717) is 55.0 Å². The van der Waals surface area contributed by atoms with E-state index in [9.17, 15) is 9.90 Å². The number of carbonyl (C=O) groups excluding carboxylic acids is 1. The first-order chi connectivity index (χ1) is 14.0. The zero-order valence-corrected chi connectivity index (χ0v) is 17.7. The van der Waals surface area contributed by atoms with Crippen molar-refractivity contribution in [3.05, 3.63) is 63.4 Å². The number of benzene rings is 2. The van der Waals surface area contributed by atoms with Gasteiger partial charge in [0.2, 0.25) is 11.7 Å². The van der Waals surface area contributed by atoms with Gasteiger partial charge in [-0.2, -0.15) is 4.98 Å². The minimum absolute atomic E-state index is 0.0128. The summed E-state index contributed by atoms with van der Waals surface area (Å²) in [6.07, 6.45) is 0. The predicted octanol–water partition coefficient (Wildman–Crippen LogP) is 3.82. The van der Waals surface area contributed by atoms with E-state index in [1.165, 1.54) is 6.07 Å². The van der Waals surface area contributed by atoms with E-state index in [2.05, 4.69) is 31.0 Å². The highest BCUT2D eigenvalue weighted by Gasteiger charge is 2.25. The molecule has 1 amide bonds. The van der Waals surface area contributed by atoms with Crippen LogP contribution < -0.4 is 0 Å². The van der Waals surface area contributed by atoms with E-state index >= 15 is 0 Å². The van der Waals surface area contributed by atoms with E-state index in [1.807, 2.05) is 12.1 Å². The number of hydrogen-bond acceptors (Lipinski definition) is 6. The molecule has 0 radical (unpaired) electrons. The summed E-state index contributed by atoms with van der Waals surface area (Å²) in [6, 6.07) is 12.1. The molecule has 0 unspecified atom stereocenters. The summed E-state index contributed by atoms with van der Waals surface area (Å²) in [6.45, 7) is 3.00. The van der Waals surface area contributed by atoms with Gasteiger partial charge in [-0.05, 0) is 42.5 Å². The van der Waals surface area contributed by atoms with Crippen molar-refractivity contribution in [3.8, 4) is 17.1 Å². The molecule has 3 aromatic rings. The Balaban J connectivity index is 1.35. The fourth-order valence-electron chi connectivity index (χ4n) is 3.19. The molecule has 0 bridgehead atoms. The topological polar surface area (TPSA) is 82.7 Å². The monoisotopic (exact) mass is 476 g/mol. The van der Waals surface area contributed by atoms with E-state index in [1.54, 1.807) is 29.2 Å². The van der Waals surface area contributed by atoms with Crippen LogP contribution in [0.2, 0.25) is 5.02 Å². The zero-order valence-electron chi connectivity index (χ0n) is 15.4. The van der Waals surface area contributed by atoms with Gasteiger partial charge in [0.05, 0.1) is 12.1 Å². The van der Waals surface area contributed by atoms with Gasteiger partial charge in [0, 0.05) is 41.2 Å². The van der Waals surface area contributed by atoms with Gasteiger partial charge in [-0.1, -0.05) is 32.7 Å². The lowest BCUT2D eigenvalue weighted by atomic mass is 10.1. The van der Waals surface area contributed by atoms with Gasteiger partial charge in [-0.3, -0.25) is 9.69 Å². The molecule has 1 aliphatic heterocycles. The third-order valence-electron chi connectivity index (χ3n) is 4.78. The Labute approximate surface area is 181 Å². The molecule has 150 valence electrons. The number of rotatable bonds is 4. The minimum Gasteiger partial charge on any atom is -0.507 e. The maximum atomic E-state index is 12.7. The number of phenols is 1. The Bertz CT molecular complexity index is 1020. The van der Waals surface area contributed by atoms with Crippen LogP contribution in [0.5, 0.6) is 5.75 Å². The van der Waals surface area contributed by atoms with E-state index < -0.39 is 0 Å². The second-order valence-corrected chi connectivity index (χ2v) is 8.10. The number of aromatic hydroxyl groups is 1. The van der Waals surface area contributed by atoms with Crippen LogP contribution in [0.1, 0.15) is 16.2 Å². The SMILES string of the molecule is O=C(c1cc(Br)ccc1O)N1CCN(Cc2nc(-c3ccc(Cl)cc3)no2)CC1. The van der Waals surface area contributed by atoms with Crippen LogP contribution in [0.4, 0.5) is 0 Å². The first kappa shape index (κ1) is 19.9. The average Bonchev–Trinajstić information content (AvgIpc) is 3.19. The van der Waals surface area contributed by atoms with Crippen molar-refractivity contribution in [1.29, 1.82) is 0 Å². The van der Waals surface area contributed by atoms with Crippen molar-refractivity contribution in [2.45, 2.75) is 6.54 Å². The minimum atomic E-state index is -0.175. The summed E-state index contributed by atoms with van der Waals surface area (Å²) in [5, 5.41) is 14.7.